The Morgan fingerprint density at radius 1 is 1.45 bits per heavy atom. The van der Waals surface area contributed by atoms with Gasteiger partial charge in [-0.25, -0.2) is 4.79 Å². The van der Waals surface area contributed by atoms with Crippen LogP contribution in [0.2, 0.25) is 0 Å². The first-order valence-electron chi connectivity index (χ1n) is 3.44. The Morgan fingerprint density at radius 3 is 2.36 bits per heavy atom. The lowest BCUT2D eigenvalue weighted by Gasteiger charge is -1.99. The largest absolute Gasteiger partial charge is 0.477 e. The average molecular weight is 192 g/mol. The lowest BCUT2D eigenvalue weighted by atomic mass is 10.2. The third-order valence-corrected chi connectivity index (χ3v) is 2.33. The summed E-state index contributed by atoms with van der Waals surface area (Å²) >= 11 is 7.82. The van der Waals surface area contributed by atoms with Crippen LogP contribution in [0.4, 0.5) is 0 Å². The van der Waals surface area contributed by atoms with E-state index in [9.17, 15) is 4.79 Å². The van der Waals surface area contributed by atoms with Crippen LogP contribution in [0.15, 0.2) is 9.81 Å². The van der Waals surface area contributed by atoms with Crippen LogP contribution in [0.1, 0.15) is 26.2 Å². The summed E-state index contributed by atoms with van der Waals surface area (Å²) in [5.74, 6) is -1.01. The number of unbranched alkanes of at least 4 members (excludes halogenated alkanes) is 1. The van der Waals surface area contributed by atoms with Crippen LogP contribution in [-0.4, -0.2) is 11.1 Å². The maximum absolute atomic E-state index is 10.3. The van der Waals surface area contributed by atoms with Gasteiger partial charge in [-0.3, -0.25) is 0 Å². The minimum atomic E-state index is -1.01. The number of hydrogen-bond acceptors (Lipinski definition) is 3. The van der Waals surface area contributed by atoms with E-state index in [0.717, 1.165) is 12.8 Å². The van der Waals surface area contributed by atoms with E-state index in [4.69, 9.17) is 5.11 Å². The van der Waals surface area contributed by atoms with Crippen molar-refractivity contribution in [2.75, 3.05) is 0 Å². The molecule has 0 fully saturated rings. The highest BCUT2D eigenvalue weighted by Gasteiger charge is 2.05. The minimum Gasteiger partial charge on any atom is -0.477 e. The molecule has 0 aromatic rings. The normalized spacial score (nSPS) is 12.6. The van der Waals surface area contributed by atoms with Crippen LogP contribution in [0.3, 0.4) is 0 Å². The molecule has 0 saturated carbocycles. The van der Waals surface area contributed by atoms with Gasteiger partial charge in [0.25, 0.3) is 0 Å². The molecular weight excluding hydrogens is 180 g/mol. The third-order valence-electron chi connectivity index (χ3n) is 1.24. The number of aliphatic carboxylic acids is 1. The Kier molecular flexibility index (Phi) is 5.50. The van der Waals surface area contributed by atoms with Crippen molar-refractivity contribution in [3.05, 3.63) is 9.81 Å². The van der Waals surface area contributed by atoms with Gasteiger partial charge in [0.2, 0.25) is 0 Å². The van der Waals surface area contributed by atoms with Crippen LogP contribution in [0, 0.1) is 0 Å². The van der Waals surface area contributed by atoms with Crippen LogP contribution in [0.25, 0.3) is 0 Å². The number of carboxylic acid groups (broad SMARTS) is 1. The second kappa shape index (κ2) is 5.55. The summed E-state index contributed by atoms with van der Waals surface area (Å²) in [5, 5.41) is 8.47. The SMILES string of the molecule is CCCCC(S)=C(S)C(=O)O. The van der Waals surface area contributed by atoms with E-state index in [1.165, 1.54) is 0 Å². The van der Waals surface area contributed by atoms with E-state index < -0.39 is 5.97 Å². The van der Waals surface area contributed by atoms with Gasteiger partial charge >= 0.3 is 5.97 Å². The van der Waals surface area contributed by atoms with Gasteiger partial charge in [-0.1, -0.05) is 13.3 Å². The number of hydrogen-bond donors (Lipinski definition) is 3. The number of allylic oxidation sites excluding steroid dienone is 1. The Hall–Kier alpha value is -0.0900. The van der Waals surface area contributed by atoms with Gasteiger partial charge in [0.05, 0.1) is 4.91 Å². The van der Waals surface area contributed by atoms with Gasteiger partial charge in [0, 0.05) is 4.91 Å². The molecule has 0 saturated heterocycles. The van der Waals surface area contributed by atoms with Gasteiger partial charge in [0.1, 0.15) is 0 Å². The molecule has 0 bridgehead atoms. The summed E-state index contributed by atoms with van der Waals surface area (Å²) < 4.78 is 0. The van der Waals surface area contributed by atoms with Crippen molar-refractivity contribution < 1.29 is 9.90 Å². The van der Waals surface area contributed by atoms with Gasteiger partial charge < -0.3 is 5.11 Å². The Morgan fingerprint density at radius 2 is 2.00 bits per heavy atom. The van der Waals surface area contributed by atoms with Gasteiger partial charge in [-0.05, 0) is 12.8 Å². The molecule has 0 spiro atoms. The second-order valence-corrected chi connectivity index (χ2v) is 3.19. The highest BCUT2D eigenvalue weighted by Crippen LogP contribution is 2.18. The predicted molar refractivity (Wildman–Crippen MR) is 52.2 cm³/mol. The Balaban J connectivity index is 4.05. The van der Waals surface area contributed by atoms with E-state index in [2.05, 4.69) is 25.3 Å². The van der Waals surface area contributed by atoms with Crippen molar-refractivity contribution in [3.63, 3.8) is 0 Å². The molecule has 0 aliphatic heterocycles. The molecule has 64 valence electrons. The van der Waals surface area contributed by atoms with Gasteiger partial charge in [-0.15, -0.1) is 25.3 Å². The number of thiol groups is 2. The minimum absolute atomic E-state index is 0.0572. The van der Waals surface area contributed by atoms with Crippen LogP contribution < -0.4 is 0 Å². The lowest BCUT2D eigenvalue weighted by molar-refractivity contribution is -0.131. The summed E-state index contributed by atoms with van der Waals surface area (Å²) in [6.45, 7) is 2.04. The van der Waals surface area contributed by atoms with Crippen molar-refractivity contribution in [1.82, 2.24) is 0 Å². The van der Waals surface area contributed by atoms with Gasteiger partial charge in [-0.2, -0.15) is 0 Å². The molecule has 0 aromatic heterocycles. The zero-order chi connectivity index (χ0) is 8.85. The highest BCUT2D eigenvalue weighted by atomic mass is 32.1. The molecule has 0 aliphatic rings. The molecule has 4 heteroatoms. The molecule has 0 amide bonds. The van der Waals surface area contributed by atoms with E-state index in [-0.39, 0.29) is 4.91 Å². The van der Waals surface area contributed by atoms with Crippen molar-refractivity contribution in [2.24, 2.45) is 0 Å². The molecule has 0 aromatic carbocycles. The molecule has 0 unspecified atom stereocenters. The number of carboxylic acids is 1. The maximum atomic E-state index is 10.3. The molecule has 11 heavy (non-hydrogen) atoms. The fraction of sp³-hybridized carbons (Fsp3) is 0.571. The smallest absolute Gasteiger partial charge is 0.342 e. The lowest BCUT2D eigenvalue weighted by Crippen LogP contribution is -1.96. The Labute approximate surface area is 77.5 Å². The average Bonchev–Trinajstić information content (AvgIpc) is 1.98. The van der Waals surface area contributed by atoms with Crippen LogP contribution in [0.5, 0.6) is 0 Å². The van der Waals surface area contributed by atoms with Crippen molar-refractivity contribution in [2.45, 2.75) is 26.2 Å². The molecule has 0 aliphatic carbocycles. The summed E-state index contributed by atoms with van der Waals surface area (Å²) in [6, 6.07) is 0. The molecule has 0 heterocycles. The fourth-order valence-corrected chi connectivity index (χ4v) is 0.952. The third kappa shape index (κ3) is 4.37. The molecule has 1 N–H and O–H groups in total. The number of carbonyl (C=O) groups is 1. The molecular formula is C7H12O2S2. The first kappa shape index (κ1) is 10.9. The zero-order valence-corrected chi connectivity index (χ0v) is 8.16. The van der Waals surface area contributed by atoms with Gasteiger partial charge in [0.15, 0.2) is 0 Å². The van der Waals surface area contributed by atoms with E-state index in [1.807, 2.05) is 6.92 Å². The molecule has 0 atom stereocenters. The molecule has 0 radical (unpaired) electrons. The molecule has 2 nitrogen and oxygen atoms in total. The van der Waals surface area contributed by atoms with E-state index in [0.29, 0.717) is 11.3 Å². The van der Waals surface area contributed by atoms with Crippen molar-refractivity contribution >= 4 is 31.2 Å². The quantitative estimate of drug-likeness (QED) is 0.472. The second-order valence-electron chi connectivity index (χ2n) is 2.20. The summed E-state index contributed by atoms with van der Waals surface area (Å²) in [4.78, 5) is 10.9. The summed E-state index contributed by atoms with van der Waals surface area (Å²) in [6.07, 6.45) is 2.69. The van der Waals surface area contributed by atoms with Crippen molar-refractivity contribution in [3.8, 4) is 0 Å². The molecule has 0 rings (SSSR count). The summed E-state index contributed by atoms with van der Waals surface area (Å²) in [5.41, 5.74) is 0. The number of rotatable bonds is 4. The Bertz CT molecular complexity index is 175. The fourth-order valence-electron chi connectivity index (χ4n) is 0.586. The standard InChI is InChI=1S/C7H12O2S2/c1-2-3-4-5(10)6(11)7(8)9/h10-11H,2-4H2,1H3,(H,8,9). The zero-order valence-electron chi connectivity index (χ0n) is 6.37. The first-order valence-corrected chi connectivity index (χ1v) is 4.33. The van der Waals surface area contributed by atoms with E-state index in [1.54, 1.807) is 0 Å². The van der Waals surface area contributed by atoms with Crippen LogP contribution in [-0.2, 0) is 4.79 Å². The van der Waals surface area contributed by atoms with E-state index >= 15 is 0 Å². The highest BCUT2D eigenvalue weighted by molar-refractivity contribution is 7.89. The van der Waals surface area contributed by atoms with Crippen molar-refractivity contribution in [1.29, 1.82) is 0 Å². The van der Waals surface area contributed by atoms with Crippen LogP contribution >= 0.6 is 25.3 Å². The maximum Gasteiger partial charge on any atom is 0.342 e. The predicted octanol–water partition coefficient (Wildman–Crippen LogP) is 2.33. The monoisotopic (exact) mass is 192 g/mol. The topological polar surface area (TPSA) is 37.3 Å². The summed E-state index contributed by atoms with van der Waals surface area (Å²) in [7, 11) is 0. The first-order chi connectivity index (χ1) is 5.09.